The van der Waals surface area contributed by atoms with Crippen molar-refractivity contribution in [1.82, 2.24) is 4.90 Å². The number of hydrogen-bond acceptors (Lipinski definition) is 1. The van der Waals surface area contributed by atoms with Gasteiger partial charge in [0.25, 0.3) is 0 Å². The van der Waals surface area contributed by atoms with Crippen LogP contribution in [0, 0.1) is 0 Å². The number of benzene rings is 2. The zero-order valence-corrected chi connectivity index (χ0v) is 15.2. The minimum Gasteiger partial charge on any atom is -0.293 e. The predicted octanol–water partition coefficient (Wildman–Crippen LogP) is 6.50. The molecule has 1 atom stereocenters. The molecule has 23 heavy (non-hydrogen) atoms. The molecule has 1 heterocycles. The maximum Gasteiger partial charge on any atom is 0.0468 e. The third-order valence-electron chi connectivity index (χ3n) is 4.42. The first-order chi connectivity index (χ1) is 11.0. The third-order valence-corrected chi connectivity index (χ3v) is 5.23. The summed E-state index contributed by atoms with van der Waals surface area (Å²) in [5, 5.41) is 2.18. The first-order valence-electron chi connectivity index (χ1n) is 7.68. The van der Waals surface area contributed by atoms with Gasteiger partial charge in [0.2, 0.25) is 0 Å². The fourth-order valence-electron chi connectivity index (χ4n) is 3.00. The van der Waals surface area contributed by atoms with Crippen LogP contribution in [0.15, 0.2) is 48.5 Å². The molecule has 2 aromatic carbocycles. The Morgan fingerprint density at radius 1 is 0.957 bits per heavy atom. The van der Waals surface area contributed by atoms with E-state index in [1.165, 1.54) is 11.1 Å². The van der Waals surface area contributed by atoms with Crippen molar-refractivity contribution >= 4 is 40.4 Å². The van der Waals surface area contributed by atoms with Crippen molar-refractivity contribution in [3.8, 4) is 0 Å². The van der Waals surface area contributed by atoms with Gasteiger partial charge in [-0.25, -0.2) is 0 Å². The van der Waals surface area contributed by atoms with E-state index < -0.39 is 0 Å². The lowest BCUT2D eigenvalue weighted by molar-refractivity contribution is 0.233. The molecule has 0 amide bonds. The van der Waals surface area contributed by atoms with Gasteiger partial charge in [-0.15, -0.1) is 0 Å². The second-order valence-corrected chi connectivity index (χ2v) is 7.10. The van der Waals surface area contributed by atoms with Crippen LogP contribution in [-0.2, 0) is 0 Å². The standard InChI is InChI=1S/C19H18Cl3N/c1-13(18-7-6-17(21)12-19(18)22)23-10-8-15(9-11-23)14-2-4-16(20)5-3-14/h2-8,12-13H,9-11H2,1H3/t13-/m1/s1. The van der Waals surface area contributed by atoms with Crippen LogP contribution in [0.2, 0.25) is 15.1 Å². The van der Waals surface area contributed by atoms with Crippen molar-refractivity contribution in [2.24, 2.45) is 0 Å². The van der Waals surface area contributed by atoms with E-state index in [9.17, 15) is 0 Å². The van der Waals surface area contributed by atoms with Gasteiger partial charge >= 0.3 is 0 Å². The van der Waals surface area contributed by atoms with Crippen molar-refractivity contribution in [2.45, 2.75) is 19.4 Å². The molecule has 0 N–H and O–H groups in total. The van der Waals surface area contributed by atoms with Gasteiger partial charge in [0.1, 0.15) is 0 Å². The topological polar surface area (TPSA) is 3.24 Å². The highest BCUT2D eigenvalue weighted by Gasteiger charge is 2.21. The predicted molar refractivity (Wildman–Crippen MR) is 100 cm³/mol. The second-order valence-electron chi connectivity index (χ2n) is 5.82. The maximum absolute atomic E-state index is 6.34. The third kappa shape index (κ3) is 3.92. The number of rotatable bonds is 3. The molecule has 120 valence electrons. The summed E-state index contributed by atoms with van der Waals surface area (Å²) in [7, 11) is 0. The lowest BCUT2D eigenvalue weighted by Gasteiger charge is -2.32. The van der Waals surface area contributed by atoms with Crippen LogP contribution in [0.5, 0.6) is 0 Å². The Hall–Kier alpha value is -0.990. The highest BCUT2D eigenvalue weighted by molar-refractivity contribution is 6.35. The molecule has 0 aliphatic carbocycles. The van der Waals surface area contributed by atoms with Crippen LogP contribution in [0.4, 0.5) is 0 Å². The van der Waals surface area contributed by atoms with Gasteiger partial charge in [-0.05, 0) is 54.3 Å². The summed E-state index contributed by atoms with van der Waals surface area (Å²) in [4.78, 5) is 2.43. The zero-order valence-electron chi connectivity index (χ0n) is 12.9. The summed E-state index contributed by atoms with van der Waals surface area (Å²) in [6.45, 7) is 4.11. The molecular formula is C19H18Cl3N. The van der Waals surface area contributed by atoms with Crippen LogP contribution < -0.4 is 0 Å². The van der Waals surface area contributed by atoms with Crippen molar-refractivity contribution in [3.63, 3.8) is 0 Å². The van der Waals surface area contributed by atoms with Gasteiger partial charge in [0.05, 0.1) is 0 Å². The first kappa shape index (κ1) is 16.9. The highest BCUT2D eigenvalue weighted by Crippen LogP contribution is 2.32. The van der Waals surface area contributed by atoms with Gasteiger partial charge in [0, 0.05) is 34.2 Å². The van der Waals surface area contributed by atoms with E-state index in [-0.39, 0.29) is 6.04 Å². The molecular weight excluding hydrogens is 349 g/mol. The van der Waals surface area contributed by atoms with Crippen molar-refractivity contribution in [2.75, 3.05) is 13.1 Å². The van der Waals surface area contributed by atoms with Gasteiger partial charge in [-0.2, -0.15) is 0 Å². The van der Waals surface area contributed by atoms with E-state index in [1.807, 2.05) is 30.3 Å². The Morgan fingerprint density at radius 3 is 2.26 bits per heavy atom. The number of hydrogen-bond donors (Lipinski definition) is 0. The average molecular weight is 367 g/mol. The molecule has 0 unspecified atom stereocenters. The molecule has 0 fully saturated rings. The van der Waals surface area contributed by atoms with Gasteiger partial charge < -0.3 is 0 Å². The molecule has 1 aliphatic rings. The van der Waals surface area contributed by atoms with Crippen LogP contribution in [0.3, 0.4) is 0 Å². The molecule has 1 aliphatic heterocycles. The van der Waals surface area contributed by atoms with E-state index in [2.05, 4.69) is 30.0 Å². The molecule has 4 heteroatoms. The summed E-state index contributed by atoms with van der Waals surface area (Å²) in [6, 6.07) is 14.1. The van der Waals surface area contributed by atoms with Crippen molar-refractivity contribution in [1.29, 1.82) is 0 Å². The van der Waals surface area contributed by atoms with Crippen LogP contribution in [0.1, 0.15) is 30.5 Å². The molecule has 1 nitrogen and oxygen atoms in total. The molecule has 0 aromatic heterocycles. The fraction of sp³-hybridized carbons (Fsp3) is 0.263. The molecule has 3 rings (SSSR count). The minimum atomic E-state index is 0.266. The lowest BCUT2D eigenvalue weighted by Crippen LogP contribution is -2.31. The van der Waals surface area contributed by atoms with Crippen molar-refractivity contribution in [3.05, 3.63) is 74.7 Å². The van der Waals surface area contributed by atoms with Crippen LogP contribution >= 0.6 is 34.8 Å². The maximum atomic E-state index is 6.34. The molecule has 2 aromatic rings. The number of halogens is 3. The largest absolute Gasteiger partial charge is 0.293 e. The van der Waals surface area contributed by atoms with E-state index >= 15 is 0 Å². The van der Waals surface area contributed by atoms with E-state index in [4.69, 9.17) is 34.8 Å². The zero-order chi connectivity index (χ0) is 16.4. The highest BCUT2D eigenvalue weighted by atomic mass is 35.5. The monoisotopic (exact) mass is 365 g/mol. The van der Waals surface area contributed by atoms with Crippen LogP contribution in [-0.4, -0.2) is 18.0 Å². The van der Waals surface area contributed by atoms with E-state index in [0.717, 1.165) is 35.1 Å². The molecule has 0 saturated carbocycles. The van der Waals surface area contributed by atoms with Crippen molar-refractivity contribution < 1.29 is 0 Å². The summed E-state index contributed by atoms with van der Waals surface area (Å²) >= 11 is 18.3. The smallest absolute Gasteiger partial charge is 0.0468 e. The molecule has 0 bridgehead atoms. The minimum absolute atomic E-state index is 0.266. The van der Waals surface area contributed by atoms with Gasteiger partial charge in [-0.1, -0.05) is 59.1 Å². The molecule has 0 spiro atoms. The Bertz CT molecular complexity index is 722. The Balaban J connectivity index is 1.73. The Kier molecular flexibility index (Phi) is 5.33. The quantitative estimate of drug-likeness (QED) is 0.599. The Morgan fingerprint density at radius 2 is 1.65 bits per heavy atom. The lowest BCUT2D eigenvalue weighted by atomic mass is 9.97. The van der Waals surface area contributed by atoms with Gasteiger partial charge in [-0.3, -0.25) is 4.90 Å². The van der Waals surface area contributed by atoms with Crippen LogP contribution in [0.25, 0.3) is 5.57 Å². The SMILES string of the molecule is C[C@H](c1ccc(Cl)cc1Cl)N1CC=C(c2ccc(Cl)cc2)CC1. The average Bonchev–Trinajstić information content (AvgIpc) is 2.55. The summed E-state index contributed by atoms with van der Waals surface area (Å²) in [5.41, 5.74) is 3.76. The number of nitrogens with zero attached hydrogens (tertiary/aromatic N) is 1. The van der Waals surface area contributed by atoms with E-state index in [0.29, 0.717) is 5.02 Å². The summed E-state index contributed by atoms with van der Waals surface area (Å²) in [6.07, 6.45) is 3.32. The molecule has 0 saturated heterocycles. The summed E-state index contributed by atoms with van der Waals surface area (Å²) < 4.78 is 0. The fourth-order valence-corrected chi connectivity index (χ4v) is 3.69. The van der Waals surface area contributed by atoms with Gasteiger partial charge in [0.15, 0.2) is 0 Å². The second kappa shape index (κ2) is 7.27. The Labute approximate surface area is 152 Å². The first-order valence-corrected chi connectivity index (χ1v) is 8.82. The van der Waals surface area contributed by atoms with E-state index in [1.54, 1.807) is 0 Å². The summed E-state index contributed by atoms with van der Waals surface area (Å²) in [5.74, 6) is 0. The normalized spacial score (nSPS) is 17.0. The molecule has 0 radical (unpaired) electrons.